The molecule has 0 amide bonds. The lowest BCUT2D eigenvalue weighted by atomic mass is 9.76. The van der Waals surface area contributed by atoms with Crippen LogP contribution in [0.2, 0.25) is 0 Å². The zero-order valence-electron chi connectivity index (χ0n) is 47.2. The molecule has 4 heteroatoms. The Balaban J connectivity index is 0.916. The third-order valence-electron chi connectivity index (χ3n) is 16.4. The molecule has 0 aliphatic carbocycles. The van der Waals surface area contributed by atoms with Gasteiger partial charge in [-0.05, 0) is 143 Å². The topological polar surface area (TPSA) is 40.0 Å². The van der Waals surface area contributed by atoms with Crippen molar-refractivity contribution < 1.29 is 0 Å². The van der Waals surface area contributed by atoms with Crippen molar-refractivity contribution >= 4 is 34.1 Å². The summed E-state index contributed by atoms with van der Waals surface area (Å²) in [6.45, 7) is 0. The highest BCUT2D eigenvalue weighted by Crippen LogP contribution is 2.54. The number of nitrogens with one attached hydrogen (secondary N) is 1. The predicted molar refractivity (Wildman–Crippen MR) is 355 cm³/mol. The normalized spacial score (nSPS) is 15.0. The van der Waals surface area contributed by atoms with E-state index in [9.17, 15) is 0 Å². The fourth-order valence-corrected chi connectivity index (χ4v) is 12.3. The van der Waals surface area contributed by atoms with E-state index in [4.69, 9.17) is 9.98 Å². The van der Waals surface area contributed by atoms with Gasteiger partial charge in [0.15, 0.2) is 5.84 Å². The van der Waals surface area contributed by atoms with Crippen LogP contribution >= 0.6 is 0 Å². The molecule has 2 heterocycles. The summed E-state index contributed by atoms with van der Waals surface area (Å²) in [5.74, 6) is 1.40. The third-order valence-corrected chi connectivity index (χ3v) is 16.4. The van der Waals surface area contributed by atoms with Crippen LogP contribution in [0, 0.1) is 0 Å². The maximum atomic E-state index is 5.59. The lowest BCUT2D eigenvalue weighted by Crippen LogP contribution is -2.33. The monoisotopic (exact) mass is 1090 g/mol. The number of aliphatic imine (C=N–C) groups is 2. The van der Waals surface area contributed by atoms with Gasteiger partial charge in [-0.2, -0.15) is 0 Å². The quantitative estimate of drug-likeness (QED) is 0.125. The molecule has 1 N–H and O–H groups in total. The molecule has 0 saturated carbocycles. The van der Waals surface area contributed by atoms with Crippen LogP contribution < -0.4 is 5.32 Å². The summed E-state index contributed by atoms with van der Waals surface area (Å²) in [5.41, 5.74) is 24.8. The first-order chi connectivity index (χ1) is 42.1. The molecule has 2 aliphatic heterocycles. The van der Waals surface area contributed by atoms with Gasteiger partial charge in [0.05, 0.1) is 11.7 Å². The van der Waals surface area contributed by atoms with Gasteiger partial charge in [0, 0.05) is 23.7 Å². The van der Waals surface area contributed by atoms with E-state index in [-0.39, 0.29) is 6.04 Å². The van der Waals surface area contributed by atoms with Crippen LogP contribution in [-0.4, -0.2) is 23.6 Å². The van der Waals surface area contributed by atoms with E-state index in [0.29, 0.717) is 5.84 Å². The second-order valence-electron chi connectivity index (χ2n) is 21.8. The summed E-state index contributed by atoms with van der Waals surface area (Å²) in [6.07, 6.45) is -0.480. The van der Waals surface area contributed by atoms with E-state index < -0.39 is 6.17 Å². The van der Waals surface area contributed by atoms with Crippen molar-refractivity contribution in [2.45, 2.75) is 12.2 Å². The standard InChI is InChI=1S/C81H60N4/c1-85-77(64-39-22-8-23-40-64)75(61-35-18-6-19-36-61)74(76(62-37-20-7-21-38-62)78(85)65-41-24-9-25-42-65)63-47-45-60(46-48-63)66-43-26-44-67(49-66)79-82-80(72-52-68(56-27-10-2-11-28-56)50-69(53-72)57-29-12-3-13-30-57)84-81(83-79)73-54-70(58-31-14-4-15-32-58)51-71(55-73)59-33-16-5-17-34-59/h2-55,77,80H,1H3,(H,82,83,84). The molecule has 2 aliphatic rings. The van der Waals surface area contributed by atoms with Crippen LogP contribution in [0.5, 0.6) is 0 Å². The van der Waals surface area contributed by atoms with E-state index in [1.807, 2.05) is 0 Å². The molecule has 0 aromatic heterocycles. The van der Waals surface area contributed by atoms with Crippen molar-refractivity contribution in [3.05, 3.63) is 372 Å². The Morgan fingerprint density at radius 2 is 0.635 bits per heavy atom. The maximum Gasteiger partial charge on any atom is 0.159 e. The fraction of sp³-hybridized carbons (Fsp3) is 0.0370. The molecule has 2 unspecified atom stereocenters. The molecular weight excluding hydrogens is 1030 g/mol. The highest BCUT2D eigenvalue weighted by molar-refractivity contribution is 6.24. The summed E-state index contributed by atoms with van der Waals surface area (Å²) in [4.78, 5) is 13.6. The van der Waals surface area contributed by atoms with E-state index >= 15 is 0 Å². The molecule has 2 atom stereocenters. The Hall–Kier alpha value is -10.9. The molecule has 85 heavy (non-hydrogen) atoms. The van der Waals surface area contributed by atoms with E-state index in [1.54, 1.807) is 0 Å². The van der Waals surface area contributed by atoms with Crippen molar-refractivity contribution in [1.82, 2.24) is 10.2 Å². The average Bonchev–Trinajstić information content (AvgIpc) is 2.25. The first kappa shape index (κ1) is 52.2. The van der Waals surface area contributed by atoms with Gasteiger partial charge >= 0.3 is 0 Å². The molecule has 4 nitrogen and oxygen atoms in total. The van der Waals surface area contributed by atoms with Crippen LogP contribution in [0.4, 0.5) is 0 Å². The molecule has 0 fully saturated rings. The molecule has 0 radical (unpaired) electrons. The van der Waals surface area contributed by atoms with E-state index in [0.717, 1.165) is 89.3 Å². The van der Waals surface area contributed by atoms with Gasteiger partial charge in [-0.25, -0.2) is 9.98 Å². The van der Waals surface area contributed by atoms with Gasteiger partial charge in [0.2, 0.25) is 0 Å². The summed E-state index contributed by atoms with van der Waals surface area (Å²) in [6, 6.07) is 118. The lowest BCUT2D eigenvalue weighted by Gasteiger charge is -2.42. The Bertz CT molecular complexity index is 4330. The largest absolute Gasteiger partial charge is 0.362 e. The number of hydrogen-bond donors (Lipinski definition) is 1. The fourth-order valence-electron chi connectivity index (χ4n) is 12.3. The summed E-state index contributed by atoms with van der Waals surface area (Å²) < 4.78 is 0. The summed E-state index contributed by atoms with van der Waals surface area (Å²) in [7, 11) is 2.26. The first-order valence-corrected chi connectivity index (χ1v) is 29.2. The van der Waals surface area contributed by atoms with Crippen LogP contribution in [-0.2, 0) is 0 Å². The van der Waals surface area contributed by atoms with Gasteiger partial charge in [-0.1, -0.05) is 285 Å². The van der Waals surface area contributed by atoms with Gasteiger partial charge in [0.25, 0.3) is 0 Å². The number of nitrogens with zero attached hydrogens (tertiary/aromatic N) is 3. The minimum Gasteiger partial charge on any atom is -0.362 e. The Morgan fingerprint density at radius 3 is 1.13 bits per heavy atom. The average molecular weight is 1090 g/mol. The van der Waals surface area contributed by atoms with Crippen molar-refractivity contribution in [2.24, 2.45) is 9.98 Å². The molecule has 0 spiro atoms. The summed E-state index contributed by atoms with van der Waals surface area (Å²) in [5, 5.41) is 3.89. The van der Waals surface area contributed by atoms with Gasteiger partial charge in [0.1, 0.15) is 12.0 Å². The van der Waals surface area contributed by atoms with Crippen LogP contribution in [0.25, 0.3) is 78.1 Å². The molecule has 0 saturated heterocycles. The number of likely N-dealkylation sites (N-methyl/N-ethyl adjacent to an activating group) is 1. The maximum absolute atomic E-state index is 5.59. The second-order valence-corrected chi connectivity index (χ2v) is 21.8. The molecule has 14 rings (SSSR count). The Labute approximate surface area is 498 Å². The highest BCUT2D eigenvalue weighted by Gasteiger charge is 2.37. The zero-order chi connectivity index (χ0) is 56.9. The number of rotatable bonds is 13. The van der Waals surface area contributed by atoms with Gasteiger partial charge < -0.3 is 10.2 Å². The van der Waals surface area contributed by atoms with Crippen LogP contribution in [0.1, 0.15) is 56.7 Å². The number of hydrogen-bond acceptors (Lipinski definition) is 4. The molecule has 12 aromatic rings. The molecule has 0 bridgehead atoms. The second kappa shape index (κ2) is 23.5. The minimum atomic E-state index is -0.480. The lowest BCUT2D eigenvalue weighted by molar-refractivity contribution is 0.425. The summed E-state index contributed by atoms with van der Waals surface area (Å²) >= 11 is 0. The third kappa shape index (κ3) is 10.8. The number of benzene rings is 12. The highest BCUT2D eigenvalue weighted by atomic mass is 15.2. The van der Waals surface area contributed by atoms with Gasteiger partial charge in [-0.3, -0.25) is 0 Å². The van der Waals surface area contributed by atoms with Crippen molar-refractivity contribution in [3.63, 3.8) is 0 Å². The van der Waals surface area contributed by atoms with Crippen molar-refractivity contribution in [3.8, 4) is 55.6 Å². The number of amidine groups is 2. The van der Waals surface area contributed by atoms with Gasteiger partial charge in [-0.15, -0.1) is 0 Å². The first-order valence-electron chi connectivity index (χ1n) is 29.2. The zero-order valence-corrected chi connectivity index (χ0v) is 47.2. The molecule has 404 valence electrons. The SMILES string of the molecule is CN1C(c2ccccc2)=C(c2ccccc2)C(c2ccc(-c3cccc(C4=NC(c5cc(-c6ccccc6)cc(-c6ccccc6)c5)=NC(c5cc(-c6ccccc6)cc(-c6ccccc6)c5)N4)c3)cc2)=C(c2ccccc2)C1c1ccccc1. The Morgan fingerprint density at radius 1 is 0.282 bits per heavy atom. The molecule has 12 aromatic carbocycles. The predicted octanol–water partition coefficient (Wildman–Crippen LogP) is 19.7. The van der Waals surface area contributed by atoms with E-state index in [2.05, 4.69) is 345 Å². The van der Waals surface area contributed by atoms with Crippen molar-refractivity contribution in [2.75, 3.05) is 7.05 Å². The van der Waals surface area contributed by atoms with Crippen LogP contribution in [0.3, 0.4) is 0 Å². The smallest absolute Gasteiger partial charge is 0.159 e. The minimum absolute atomic E-state index is 0.0878. The van der Waals surface area contributed by atoms with Crippen molar-refractivity contribution in [1.29, 1.82) is 0 Å². The van der Waals surface area contributed by atoms with E-state index in [1.165, 1.54) is 39.1 Å². The molecular formula is C81H60N4. The Kier molecular flexibility index (Phi) is 14.4. The number of allylic oxidation sites excluding steroid dienone is 2. The van der Waals surface area contributed by atoms with Crippen LogP contribution in [0.15, 0.2) is 338 Å².